The van der Waals surface area contributed by atoms with Gasteiger partial charge in [0.1, 0.15) is 6.04 Å². The van der Waals surface area contributed by atoms with Crippen molar-refractivity contribution in [3.05, 3.63) is 0 Å². The van der Waals surface area contributed by atoms with E-state index in [9.17, 15) is 9.59 Å². The normalized spacial score (nSPS) is 25.3. The molecule has 0 aromatic heterocycles. The van der Waals surface area contributed by atoms with Crippen molar-refractivity contribution in [1.82, 2.24) is 9.80 Å². The highest BCUT2D eigenvalue weighted by Gasteiger charge is 2.39. The Balaban J connectivity index is 1.98. The molecule has 2 fully saturated rings. The lowest BCUT2D eigenvalue weighted by Crippen LogP contribution is -2.56. The number of ether oxygens (including phenoxy) is 1. The SMILES string of the molecule is CCCCC(C(=O)OC)N1CCN2C(=O)CCC2C1. The summed E-state index contributed by atoms with van der Waals surface area (Å²) in [5.41, 5.74) is 0. The lowest BCUT2D eigenvalue weighted by atomic mass is 10.0. The zero-order chi connectivity index (χ0) is 13.8. The number of nitrogens with zero attached hydrogens (tertiary/aromatic N) is 2. The van der Waals surface area contributed by atoms with Crippen molar-refractivity contribution in [3.63, 3.8) is 0 Å². The molecule has 0 aromatic rings. The van der Waals surface area contributed by atoms with Gasteiger partial charge in [-0.2, -0.15) is 0 Å². The summed E-state index contributed by atoms with van der Waals surface area (Å²) in [5.74, 6) is 0.138. The Morgan fingerprint density at radius 3 is 2.95 bits per heavy atom. The van der Waals surface area contributed by atoms with E-state index in [1.165, 1.54) is 7.11 Å². The zero-order valence-electron chi connectivity index (χ0n) is 11.9. The van der Waals surface area contributed by atoms with Crippen molar-refractivity contribution in [2.45, 2.75) is 51.1 Å². The summed E-state index contributed by atoms with van der Waals surface area (Å²) in [6, 6.07) is 0.165. The largest absolute Gasteiger partial charge is 0.468 e. The maximum Gasteiger partial charge on any atom is 0.323 e. The Hall–Kier alpha value is -1.10. The number of fused-ring (bicyclic) bond motifs is 1. The third kappa shape index (κ3) is 3.08. The van der Waals surface area contributed by atoms with Gasteiger partial charge in [0.25, 0.3) is 0 Å². The van der Waals surface area contributed by atoms with Crippen molar-refractivity contribution in [1.29, 1.82) is 0 Å². The molecule has 1 amide bonds. The predicted octanol–water partition coefficient (Wildman–Crippen LogP) is 1.02. The zero-order valence-corrected chi connectivity index (χ0v) is 11.9. The van der Waals surface area contributed by atoms with Crippen LogP contribution < -0.4 is 0 Å². The van der Waals surface area contributed by atoms with Crippen LogP contribution in [0.2, 0.25) is 0 Å². The Kier molecular flexibility index (Phi) is 4.80. The first kappa shape index (κ1) is 14.3. The van der Waals surface area contributed by atoms with Crippen LogP contribution >= 0.6 is 0 Å². The van der Waals surface area contributed by atoms with Crippen LogP contribution in [0, 0.1) is 0 Å². The minimum absolute atomic E-state index is 0.133. The molecular weight excluding hydrogens is 244 g/mol. The van der Waals surface area contributed by atoms with E-state index < -0.39 is 0 Å². The second-order valence-electron chi connectivity index (χ2n) is 5.46. The maximum atomic E-state index is 11.9. The van der Waals surface area contributed by atoms with Crippen LogP contribution in [0.25, 0.3) is 0 Å². The fraction of sp³-hybridized carbons (Fsp3) is 0.857. The molecule has 2 aliphatic heterocycles. The molecule has 0 N–H and O–H groups in total. The number of piperazine rings is 1. The standard InChI is InChI=1S/C14H24N2O3/c1-3-4-5-12(14(18)19-2)15-8-9-16-11(10-15)6-7-13(16)17/h11-12H,3-10H2,1-2H3. The lowest BCUT2D eigenvalue weighted by molar-refractivity contribution is -0.149. The van der Waals surface area contributed by atoms with E-state index in [1.807, 2.05) is 4.90 Å². The van der Waals surface area contributed by atoms with E-state index >= 15 is 0 Å². The van der Waals surface area contributed by atoms with Gasteiger partial charge < -0.3 is 9.64 Å². The molecule has 2 unspecified atom stereocenters. The predicted molar refractivity (Wildman–Crippen MR) is 71.6 cm³/mol. The molecule has 5 nitrogen and oxygen atoms in total. The Morgan fingerprint density at radius 2 is 2.26 bits per heavy atom. The van der Waals surface area contributed by atoms with Gasteiger partial charge in [0.15, 0.2) is 0 Å². The number of amides is 1. The second kappa shape index (κ2) is 6.37. The van der Waals surface area contributed by atoms with E-state index in [0.717, 1.165) is 45.3 Å². The summed E-state index contributed by atoms with van der Waals surface area (Å²) in [6.07, 6.45) is 4.55. The number of hydrogen-bond donors (Lipinski definition) is 0. The summed E-state index contributed by atoms with van der Waals surface area (Å²) in [4.78, 5) is 27.8. The lowest BCUT2D eigenvalue weighted by Gasteiger charge is -2.40. The van der Waals surface area contributed by atoms with E-state index in [0.29, 0.717) is 12.5 Å². The Morgan fingerprint density at radius 1 is 1.47 bits per heavy atom. The highest BCUT2D eigenvalue weighted by molar-refractivity contribution is 5.79. The number of rotatable bonds is 5. The molecule has 2 saturated heterocycles. The molecule has 19 heavy (non-hydrogen) atoms. The minimum atomic E-state index is -0.136. The first-order valence-corrected chi connectivity index (χ1v) is 7.28. The summed E-state index contributed by atoms with van der Waals surface area (Å²) in [5, 5.41) is 0. The number of esters is 1. The second-order valence-corrected chi connectivity index (χ2v) is 5.46. The summed E-state index contributed by atoms with van der Waals surface area (Å²) >= 11 is 0. The van der Waals surface area contributed by atoms with Crippen LogP contribution in [0.1, 0.15) is 39.0 Å². The van der Waals surface area contributed by atoms with Gasteiger partial charge in [-0.05, 0) is 12.8 Å². The first-order chi connectivity index (χ1) is 9.17. The van der Waals surface area contributed by atoms with Gasteiger partial charge in [0.2, 0.25) is 5.91 Å². The molecule has 0 aliphatic carbocycles. The van der Waals surface area contributed by atoms with E-state index in [-0.39, 0.29) is 17.9 Å². The Bertz CT molecular complexity index is 346. The van der Waals surface area contributed by atoms with Crippen molar-refractivity contribution in [2.24, 2.45) is 0 Å². The first-order valence-electron chi connectivity index (χ1n) is 7.28. The van der Waals surface area contributed by atoms with E-state index in [1.54, 1.807) is 0 Å². The molecule has 0 bridgehead atoms. The average molecular weight is 268 g/mol. The van der Waals surface area contributed by atoms with Crippen LogP contribution in [0.15, 0.2) is 0 Å². The van der Waals surface area contributed by atoms with Gasteiger partial charge in [-0.15, -0.1) is 0 Å². The van der Waals surface area contributed by atoms with Crippen molar-refractivity contribution in [3.8, 4) is 0 Å². The Labute approximate surface area is 114 Å². The highest BCUT2D eigenvalue weighted by Crippen LogP contribution is 2.25. The number of carbonyl (C=O) groups excluding carboxylic acids is 2. The smallest absolute Gasteiger partial charge is 0.323 e. The van der Waals surface area contributed by atoms with Crippen molar-refractivity contribution in [2.75, 3.05) is 26.7 Å². The van der Waals surface area contributed by atoms with Gasteiger partial charge in [0.05, 0.1) is 7.11 Å². The summed E-state index contributed by atoms with van der Waals surface area (Å²) in [7, 11) is 1.45. The van der Waals surface area contributed by atoms with Crippen molar-refractivity contribution < 1.29 is 14.3 Å². The van der Waals surface area contributed by atoms with Crippen LogP contribution in [-0.2, 0) is 14.3 Å². The maximum absolute atomic E-state index is 11.9. The van der Waals surface area contributed by atoms with E-state index in [4.69, 9.17) is 4.74 Å². The monoisotopic (exact) mass is 268 g/mol. The van der Waals surface area contributed by atoms with Gasteiger partial charge in [-0.25, -0.2) is 0 Å². The molecule has 2 rings (SSSR count). The quantitative estimate of drug-likeness (QED) is 0.699. The number of hydrogen-bond acceptors (Lipinski definition) is 4. The van der Waals surface area contributed by atoms with Crippen molar-refractivity contribution >= 4 is 11.9 Å². The number of unbranched alkanes of at least 4 members (excludes halogenated alkanes) is 1. The fourth-order valence-corrected chi connectivity index (χ4v) is 3.15. The molecular formula is C14H24N2O3. The van der Waals surface area contributed by atoms with Gasteiger partial charge in [0, 0.05) is 32.1 Å². The summed E-state index contributed by atoms with van der Waals surface area (Å²) in [6.45, 7) is 4.48. The molecule has 2 heterocycles. The molecule has 2 aliphatic rings. The molecule has 0 aromatic carbocycles. The molecule has 0 spiro atoms. The van der Waals surface area contributed by atoms with Crippen LogP contribution in [0.5, 0.6) is 0 Å². The molecule has 5 heteroatoms. The van der Waals surface area contributed by atoms with Gasteiger partial charge in [-0.3, -0.25) is 14.5 Å². The third-order valence-corrected chi connectivity index (χ3v) is 4.27. The fourth-order valence-electron chi connectivity index (χ4n) is 3.15. The van der Waals surface area contributed by atoms with Gasteiger partial charge in [-0.1, -0.05) is 19.8 Å². The van der Waals surface area contributed by atoms with Crippen LogP contribution in [0.4, 0.5) is 0 Å². The minimum Gasteiger partial charge on any atom is -0.468 e. The van der Waals surface area contributed by atoms with Crippen LogP contribution in [0.3, 0.4) is 0 Å². The highest BCUT2D eigenvalue weighted by atomic mass is 16.5. The number of methoxy groups -OCH3 is 1. The molecule has 0 saturated carbocycles. The van der Waals surface area contributed by atoms with E-state index in [2.05, 4.69) is 11.8 Å². The average Bonchev–Trinajstić information content (AvgIpc) is 2.80. The molecule has 0 radical (unpaired) electrons. The van der Waals surface area contributed by atoms with Crippen LogP contribution in [-0.4, -0.2) is 60.5 Å². The third-order valence-electron chi connectivity index (χ3n) is 4.27. The molecule has 108 valence electrons. The molecule has 2 atom stereocenters. The summed E-state index contributed by atoms with van der Waals surface area (Å²) < 4.78 is 4.93. The number of carbonyl (C=O) groups is 2. The topological polar surface area (TPSA) is 49.9 Å². The van der Waals surface area contributed by atoms with Gasteiger partial charge >= 0.3 is 5.97 Å².